The Labute approximate surface area is 148 Å². The van der Waals surface area contributed by atoms with Crippen molar-refractivity contribution in [1.82, 2.24) is 0 Å². The van der Waals surface area contributed by atoms with Crippen LogP contribution in [0.3, 0.4) is 0 Å². The summed E-state index contributed by atoms with van der Waals surface area (Å²) in [6.45, 7) is 2.06. The molecule has 2 aromatic rings. The van der Waals surface area contributed by atoms with E-state index in [1.807, 2.05) is 6.92 Å². The van der Waals surface area contributed by atoms with Gasteiger partial charge in [0.1, 0.15) is 0 Å². The molecule has 0 saturated carbocycles. The molecule has 0 radical (unpaired) electrons. The third kappa shape index (κ3) is 3.64. The predicted octanol–water partition coefficient (Wildman–Crippen LogP) is 3.92. The molecule has 0 aliphatic carbocycles. The molecule has 25 heavy (non-hydrogen) atoms. The smallest absolute Gasteiger partial charge is 0.229 e. The highest BCUT2D eigenvalue weighted by Gasteiger charge is 2.35. The first kappa shape index (κ1) is 17.4. The number of carbonyl (C=O) groups excluding carboxylic acids is 2. The fourth-order valence-electron chi connectivity index (χ4n) is 2.70. The maximum absolute atomic E-state index is 13.2. The second-order valence-electron chi connectivity index (χ2n) is 5.96. The van der Waals surface area contributed by atoms with Crippen molar-refractivity contribution in [2.45, 2.75) is 13.3 Å². The molecule has 1 aliphatic rings. The number of hydrogen-bond donors (Lipinski definition) is 1. The minimum atomic E-state index is -1.05. The van der Waals surface area contributed by atoms with Gasteiger partial charge in [-0.05, 0) is 36.8 Å². The van der Waals surface area contributed by atoms with Crippen molar-refractivity contribution in [3.63, 3.8) is 0 Å². The number of nitrogens with zero attached hydrogens (tertiary/aromatic N) is 1. The minimum absolute atomic E-state index is 0.0427. The fraction of sp³-hybridized carbons (Fsp3) is 0.222. The van der Waals surface area contributed by atoms with E-state index in [0.717, 1.165) is 17.7 Å². The summed E-state index contributed by atoms with van der Waals surface area (Å²) in [6, 6.07) is 8.37. The summed E-state index contributed by atoms with van der Waals surface area (Å²) < 4.78 is 26.2. The van der Waals surface area contributed by atoms with Crippen LogP contribution in [0.4, 0.5) is 20.2 Å². The Morgan fingerprint density at radius 1 is 1.20 bits per heavy atom. The van der Waals surface area contributed by atoms with Gasteiger partial charge >= 0.3 is 0 Å². The van der Waals surface area contributed by atoms with Gasteiger partial charge in [-0.15, -0.1) is 0 Å². The van der Waals surface area contributed by atoms with Crippen LogP contribution in [0.25, 0.3) is 0 Å². The standard InChI is InChI=1S/C18H15ClF2N2O2/c1-10-2-4-13(8-14(10)19)23-9-11(6-17(23)24)18(25)22-12-3-5-15(20)16(21)7-12/h2-5,7-8,11H,6,9H2,1H3,(H,22,25). The predicted molar refractivity (Wildman–Crippen MR) is 91.6 cm³/mol. The Kier molecular flexibility index (Phi) is 4.72. The van der Waals surface area contributed by atoms with Crippen LogP contribution in [0.2, 0.25) is 5.02 Å². The lowest BCUT2D eigenvalue weighted by Crippen LogP contribution is -2.28. The van der Waals surface area contributed by atoms with Crippen LogP contribution in [0.5, 0.6) is 0 Å². The molecule has 130 valence electrons. The number of hydrogen-bond acceptors (Lipinski definition) is 2. The van der Waals surface area contributed by atoms with E-state index < -0.39 is 23.5 Å². The fourth-order valence-corrected chi connectivity index (χ4v) is 2.88. The molecule has 7 heteroatoms. The largest absolute Gasteiger partial charge is 0.326 e. The van der Waals surface area contributed by atoms with Gasteiger partial charge in [0.05, 0.1) is 5.92 Å². The third-order valence-electron chi connectivity index (χ3n) is 4.15. The van der Waals surface area contributed by atoms with Crippen LogP contribution in [-0.4, -0.2) is 18.4 Å². The minimum Gasteiger partial charge on any atom is -0.326 e. The molecule has 1 heterocycles. The summed E-state index contributed by atoms with van der Waals surface area (Å²) in [7, 11) is 0. The molecular weight excluding hydrogens is 350 g/mol. The third-order valence-corrected chi connectivity index (χ3v) is 4.56. The number of anilines is 2. The molecule has 1 aliphatic heterocycles. The zero-order valence-corrected chi connectivity index (χ0v) is 14.1. The number of aryl methyl sites for hydroxylation is 1. The highest BCUT2D eigenvalue weighted by molar-refractivity contribution is 6.31. The van der Waals surface area contributed by atoms with Gasteiger partial charge in [-0.25, -0.2) is 8.78 Å². The molecule has 1 N–H and O–H groups in total. The van der Waals surface area contributed by atoms with Gasteiger partial charge in [-0.3, -0.25) is 9.59 Å². The van der Waals surface area contributed by atoms with Crippen molar-refractivity contribution < 1.29 is 18.4 Å². The Bertz CT molecular complexity index is 857. The van der Waals surface area contributed by atoms with Crippen molar-refractivity contribution >= 4 is 34.8 Å². The van der Waals surface area contributed by atoms with Gasteiger partial charge in [-0.2, -0.15) is 0 Å². The van der Waals surface area contributed by atoms with Crippen LogP contribution < -0.4 is 10.2 Å². The number of amides is 2. The maximum Gasteiger partial charge on any atom is 0.229 e. The monoisotopic (exact) mass is 364 g/mol. The van der Waals surface area contributed by atoms with Crippen molar-refractivity contribution in [2.24, 2.45) is 5.92 Å². The number of halogens is 3. The quantitative estimate of drug-likeness (QED) is 0.897. The Hall–Kier alpha value is -2.47. The molecule has 1 unspecified atom stereocenters. The van der Waals surface area contributed by atoms with Crippen LogP contribution in [-0.2, 0) is 9.59 Å². The Balaban J connectivity index is 1.71. The van der Waals surface area contributed by atoms with Crippen molar-refractivity contribution in [2.75, 3.05) is 16.8 Å². The van der Waals surface area contributed by atoms with Gasteiger partial charge in [0, 0.05) is 35.4 Å². The van der Waals surface area contributed by atoms with E-state index in [4.69, 9.17) is 11.6 Å². The van der Waals surface area contributed by atoms with Gasteiger partial charge in [0.2, 0.25) is 11.8 Å². The number of nitrogens with one attached hydrogen (secondary N) is 1. The summed E-state index contributed by atoms with van der Waals surface area (Å²) >= 11 is 6.09. The summed E-state index contributed by atoms with van der Waals surface area (Å²) in [5.74, 6) is -3.22. The lowest BCUT2D eigenvalue weighted by Gasteiger charge is -2.17. The topological polar surface area (TPSA) is 49.4 Å². The van der Waals surface area contributed by atoms with Gasteiger partial charge in [-0.1, -0.05) is 17.7 Å². The number of carbonyl (C=O) groups is 2. The average molecular weight is 365 g/mol. The van der Waals surface area contributed by atoms with E-state index in [0.29, 0.717) is 10.7 Å². The molecule has 0 aromatic heterocycles. The molecule has 1 fully saturated rings. The highest BCUT2D eigenvalue weighted by atomic mass is 35.5. The van der Waals surface area contributed by atoms with Crippen molar-refractivity contribution in [1.29, 1.82) is 0 Å². The SMILES string of the molecule is Cc1ccc(N2CC(C(=O)Nc3ccc(F)c(F)c3)CC2=O)cc1Cl. The Morgan fingerprint density at radius 2 is 1.96 bits per heavy atom. The van der Waals surface area contributed by atoms with Crippen molar-refractivity contribution in [3.05, 3.63) is 58.6 Å². The van der Waals surface area contributed by atoms with Crippen molar-refractivity contribution in [3.8, 4) is 0 Å². The maximum atomic E-state index is 13.2. The molecule has 0 bridgehead atoms. The molecular formula is C18H15ClF2N2O2. The summed E-state index contributed by atoms with van der Waals surface area (Å²) in [6.07, 6.45) is 0.0427. The average Bonchev–Trinajstić information content (AvgIpc) is 2.95. The summed E-state index contributed by atoms with van der Waals surface area (Å²) in [4.78, 5) is 26.1. The van der Waals surface area contributed by atoms with Crippen LogP contribution in [0, 0.1) is 24.5 Å². The molecule has 4 nitrogen and oxygen atoms in total. The first-order chi connectivity index (χ1) is 11.8. The molecule has 2 amide bonds. The molecule has 0 spiro atoms. The molecule has 1 atom stereocenters. The number of rotatable bonds is 3. The van der Waals surface area contributed by atoms with E-state index in [1.54, 1.807) is 18.2 Å². The van der Waals surface area contributed by atoms with Crippen LogP contribution in [0.1, 0.15) is 12.0 Å². The molecule has 3 rings (SSSR count). The van der Waals surface area contributed by atoms with E-state index in [9.17, 15) is 18.4 Å². The van der Waals surface area contributed by atoms with Crippen LogP contribution in [0.15, 0.2) is 36.4 Å². The first-order valence-electron chi connectivity index (χ1n) is 7.67. The first-order valence-corrected chi connectivity index (χ1v) is 8.05. The van der Waals surface area contributed by atoms with Gasteiger partial charge in [0.25, 0.3) is 0 Å². The van der Waals surface area contributed by atoms with E-state index >= 15 is 0 Å². The van der Waals surface area contributed by atoms with E-state index in [-0.39, 0.29) is 24.6 Å². The summed E-state index contributed by atoms with van der Waals surface area (Å²) in [5, 5.41) is 3.06. The van der Waals surface area contributed by atoms with E-state index in [1.165, 1.54) is 11.0 Å². The molecule has 1 saturated heterocycles. The molecule has 2 aromatic carbocycles. The lowest BCUT2D eigenvalue weighted by molar-refractivity contribution is -0.122. The zero-order chi connectivity index (χ0) is 18.1. The second kappa shape index (κ2) is 6.80. The summed E-state index contributed by atoms with van der Waals surface area (Å²) in [5.41, 5.74) is 1.67. The second-order valence-corrected chi connectivity index (χ2v) is 6.36. The normalized spacial score (nSPS) is 17.0. The highest BCUT2D eigenvalue weighted by Crippen LogP contribution is 2.29. The number of benzene rings is 2. The van der Waals surface area contributed by atoms with Crippen LogP contribution >= 0.6 is 11.6 Å². The van der Waals surface area contributed by atoms with E-state index in [2.05, 4.69) is 5.32 Å². The van der Waals surface area contributed by atoms with Gasteiger partial charge < -0.3 is 10.2 Å². The lowest BCUT2D eigenvalue weighted by atomic mass is 10.1. The van der Waals surface area contributed by atoms with Gasteiger partial charge in [0.15, 0.2) is 11.6 Å². The Morgan fingerprint density at radius 3 is 2.64 bits per heavy atom. The zero-order valence-electron chi connectivity index (χ0n) is 13.4.